The van der Waals surface area contributed by atoms with E-state index in [0.29, 0.717) is 35.0 Å². The summed E-state index contributed by atoms with van der Waals surface area (Å²) >= 11 is 5.69. The lowest BCUT2D eigenvalue weighted by Gasteiger charge is -2.43. The predicted molar refractivity (Wildman–Crippen MR) is 128 cm³/mol. The second kappa shape index (κ2) is 9.22. The van der Waals surface area contributed by atoms with Gasteiger partial charge in [-0.15, -0.1) is 0 Å². The van der Waals surface area contributed by atoms with Crippen LogP contribution in [0.3, 0.4) is 0 Å². The first kappa shape index (κ1) is 21.6. The SMILES string of the molecule is CC(C)CCNC(=O)c1ccc(NC(=S)N2CC3CC(C2)c2cccc(=O)n2C3)cc1. The van der Waals surface area contributed by atoms with E-state index < -0.39 is 0 Å². The smallest absolute Gasteiger partial charge is 0.251 e. The van der Waals surface area contributed by atoms with Crippen molar-refractivity contribution < 1.29 is 4.79 Å². The normalized spacial score (nSPS) is 19.6. The number of hydrogen-bond donors (Lipinski definition) is 2. The van der Waals surface area contributed by atoms with Gasteiger partial charge in [-0.2, -0.15) is 0 Å². The van der Waals surface area contributed by atoms with E-state index in [9.17, 15) is 9.59 Å². The monoisotopic (exact) mass is 438 g/mol. The van der Waals surface area contributed by atoms with Crippen LogP contribution in [0.5, 0.6) is 0 Å². The van der Waals surface area contributed by atoms with Gasteiger partial charge in [-0.25, -0.2) is 0 Å². The van der Waals surface area contributed by atoms with Gasteiger partial charge in [-0.05, 0) is 67.2 Å². The van der Waals surface area contributed by atoms with Crippen molar-refractivity contribution in [1.29, 1.82) is 0 Å². The van der Waals surface area contributed by atoms with E-state index in [0.717, 1.165) is 43.9 Å². The number of nitrogens with one attached hydrogen (secondary N) is 2. The fourth-order valence-corrected chi connectivity index (χ4v) is 4.81. The maximum Gasteiger partial charge on any atom is 0.251 e. The number of rotatable bonds is 5. The molecule has 1 aromatic heterocycles. The fourth-order valence-electron chi connectivity index (χ4n) is 4.55. The number of hydrogen-bond acceptors (Lipinski definition) is 3. The van der Waals surface area contributed by atoms with Crippen molar-refractivity contribution in [2.24, 2.45) is 11.8 Å². The summed E-state index contributed by atoms with van der Waals surface area (Å²) in [5, 5.41) is 6.97. The quantitative estimate of drug-likeness (QED) is 0.700. The first-order chi connectivity index (χ1) is 14.9. The molecule has 164 valence electrons. The van der Waals surface area contributed by atoms with Crippen LogP contribution in [0.15, 0.2) is 47.3 Å². The number of pyridine rings is 1. The second-order valence-electron chi connectivity index (χ2n) is 9.05. The highest BCUT2D eigenvalue weighted by molar-refractivity contribution is 7.80. The number of benzene rings is 1. The van der Waals surface area contributed by atoms with Gasteiger partial charge >= 0.3 is 0 Å². The average molecular weight is 439 g/mol. The van der Waals surface area contributed by atoms with Crippen molar-refractivity contribution in [1.82, 2.24) is 14.8 Å². The maximum absolute atomic E-state index is 12.3. The molecule has 2 unspecified atom stereocenters. The van der Waals surface area contributed by atoms with Crippen LogP contribution < -0.4 is 16.2 Å². The largest absolute Gasteiger partial charge is 0.352 e. The Bertz CT molecular complexity index is 1010. The Morgan fingerprint density at radius 1 is 1.13 bits per heavy atom. The van der Waals surface area contributed by atoms with E-state index in [-0.39, 0.29) is 11.5 Å². The van der Waals surface area contributed by atoms with Crippen molar-refractivity contribution >= 4 is 28.9 Å². The van der Waals surface area contributed by atoms with Crippen LogP contribution in [-0.4, -0.2) is 40.1 Å². The van der Waals surface area contributed by atoms with Crippen molar-refractivity contribution in [2.45, 2.75) is 39.2 Å². The molecule has 1 saturated heterocycles. The third kappa shape index (κ3) is 4.98. The Balaban J connectivity index is 1.36. The minimum absolute atomic E-state index is 0.0486. The molecule has 2 N–H and O–H groups in total. The molecule has 3 heterocycles. The highest BCUT2D eigenvalue weighted by Crippen LogP contribution is 2.35. The summed E-state index contributed by atoms with van der Waals surface area (Å²) in [7, 11) is 0. The Morgan fingerprint density at radius 3 is 2.65 bits per heavy atom. The number of aromatic nitrogens is 1. The molecule has 2 bridgehead atoms. The lowest BCUT2D eigenvalue weighted by molar-refractivity contribution is 0.0952. The molecule has 0 spiro atoms. The highest BCUT2D eigenvalue weighted by atomic mass is 32.1. The van der Waals surface area contributed by atoms with Crippen LogP contribution >= 0.6 is 12.2 Å². The van der Waals surface area contributed by atoms with Gasteiger partial charge in [-0.1, -0.05) is 19.9 Å². The van der Waals surface area contributed by atoms with Crippen LogP contribution in [0.1, 0.15) is 48.7 Å². The van der Waals surface area contributed by atoms with Gasteiger partial charge in [0.15, 0.2) is 5.11 Å². The van der Waals surface area contributed by atoms with Gasteiger partial charge in [0.1, 0.15) is 0 Å². The molecule has 31 heavy (non-hydrogen) atoms. The van der Waals surface area contributed by atoms with Crippen LogP contribution in [0.25, 0.3) is 0 Å². The molecule has 4 rings (SSSR count). The number of thiocarbonyl (C=S) groups is 1. The van der Waals surface area contributed by atoms with Crippen LogP contribution in [0, 0.1) is 11.8 Å². The molecule has 0 saturated carbocycles. The van der Waals surface area contributed by atoms with E-state index in [1.807, 2.05) is 34.9 Å². The number of piperidine rings is 1. The van der Waals surface area contributed by atoms with Gasteiger partial charge in [0, 0.05) is 55.1 Å². The zero-order chi connectivity index (χ0) is 22.0. The number of anilines is 1. The van der Waals surface area contributed by atoms with E-state index in [2.05, 4.69) is 35.4 Å². The summed E-state index contributed by atoms with van der Waals surface area (Å²) in [6, 6.07) is 13.0. The van der Waals surface area contributed by atoms with Crippen molar-refractivity contribution in [3.8, 4) is 0 Å². The minimum Gasteiger partial charge on any atom is -0.352 e. The summed E-state index contributed by atoms with van der Waals surface area (Å²) in [5.74, 6) is 1.25. The lowest BCUT2D eigenvalue weighted by Crippen LogP contribution is -2.50. The van der Waals surface area contributed by atoms with Crippen LogP contribution in [0.2, 0.25) is 0 Å². The molecule has 2 aliphatic heterocycles. The molecule has 2 aromatic rings. The summed E-state index contributed by atoms with van der Waals surface area (Å²) in [6.45, 7) is 7.38. The molecule has 0 aliphatic carbocycles. The number of nitrogens with zero attached hydrogens (tertiary/aromatic N) is 2. The van der Waals surface area contributed by atoms with Gasteiger partial charge in [0.2, 0.25) is 0 Å². The molecule has 1 fully saturated rings. The summed E-state index contributed by atoms with van der Waals surface area (Å²) in [6.07, 6.45) is 2.07. The first-order valence-electron chi connectivity index (χ1n) is 11.0. The molecular weight excluding hydrogens is 408 g/mol. The number of carbonyl (C=O) groups excluding carboxylic acids is 1. The predicted octanol–water partition coefficient (Wildman–Crippen LogP) is 3.44. The van der Waals surface area contributed by atoms with Crippen LogP contribution in [-0.2, 0) is 6.54 Å². The third-order valence-electron chi connectivity index (χ3n) is 6.17. The zero-order valence-corrected chi connectivity index (χ0v) is 19.0. The number of likely N-dealkylation sites (tertiary alicyclic amines) is 1. The van der Waals surface area contributed by atoms with Gasteiger partial charge in [0.05, 0.1) is 0 Å². The summed E-state index contributed by atoms with van der Waals surface area (Å²) < 4.78 is 1.93. The molecular formula is C24H30N4O2S. The van der Waals surface area contributed by atoms with Gasteiger partial charge in [-0.3, -0.25) is 9.59 Å². The molecule has 1 amide bonds. The molecule has 2 aliphatic rings. The van der Waals surface area contributed by atoms with Crippen molar-refractivity contribution in [2.75, 3.05) is 25.0 Å². The topological polar surface area (TPSA) is 66.4 Å². The second-order valence-corrected chi connectivity index (χ2v) is 9.44. The van der Waals surface area contributed by atoms with Crippen LogP contribution in [0.4, 0.5) is 5.69 Å². The molecule has 7 heteroatoms. The molecule has 1 aromatic carbocycles. The number of amides is 1. The van der Waals surface area contributed by atoms with Gasteiger partial charge < -0.3 is 20.1 Å². The average Bonchev–Trinajstić information content (AvgIpc) is 2.74. The lowest BCUT2D eigenvalue weighted by atomic mass is 9.83. The number of carbonyl (C=O) groups is 1. The molecule has 0 radical (unpaired) electrons. The molecule has 2 atom stereocenters. The standard InChI is InChI=1S/C24H30N4O2S/c1-16(2)10-11-25-23(30)18-6-8-20(9-7-18)26-24(31)27-13-17-12-19(15-27)21-4-3-5-22(29)28(21)14-17/h3-9,16-17,19H,10-15H2,1-2H3,(H,25,30)(H,26,31). The number of fused-ring (bicyclic) bond motifs is 4. The first-order valence-corrected chi connectivity index (χ1v) is 11.5. The van der Waals surface area contributed by atoms with E-state index >= 15 is 0 Å². The van der Waals surface area contributed by atoms with E-state index in [1.165, 1.54) is 0 Å². The maximum atomic E-state index is 12.3. The Morgan fingerprint density at radius 2 is 1.90 bits per heavy atom. The van der Waals surface area contributed by atoms with E-state index in [1.54, 1.807) is 6.07 Å². The van der Waals surface area contributed by atoms with Crippen molar-refractivity contribution in [3.05, 3.63) is 64.1 Å². The van der Waals surface area contributed by atoms with Crippen molar-refractivity contribution in [3.63, 3.8) is 0 Å². The fraction of sp³-hybridized carbons (Fsp3) is 0.458. The Hall–Kier alpha value is -2.67. The van der Waals surface area contributed by atoms with E-state index in [4.69, 9.17) is 12.2 Å². The zero-order valence-electron chi connectivity index (χ0n) is 18.1. The Labute approximate surface area is 188 Å². The summed E-state index contributed by atoms with van der Waals surface area (Å²) in [5.41, 5.74) is 2.73. The molecule has 6 nitrogen and oxygen atoms in total. The minimum atomic E-state index is -0.0486. The third-order valence-corrected chi connectivity index (χ3v) is 6.53. The highest BCUT2D eigenvalue weighted by Gasteiger charge is 2.35. The summed E-state index contributed by atoms with van der Waals surface area (Å²) in [4.78, 5) is 26.7. The Kier molecular flexibility index (Phi) is 6.41. The van der Waals surface area contributed by atoms with Gasteiger partial charge in [0.25, 0.3) is 11.5 Å².